The molecule has 0 aromatic carbocycles. The van der Waals surface area contributed by atoms with Crippen LogP contribution in [0.25, 0.3) is 0 Å². The van der Waals surface area contributed by atoms with Gasteiger partial charge in [0.05, 0.1) is 12.7 Å². The highest BCUT2D eigenvalue weighted by Crippen LogP contribution is 2.34. The first-order chi connectivity index (χ1) is 14.7. The van der Waals surface area contributed by atoms with Crippen molar-refractivity contribution in [1.29, 1.82) is 0 Å². The number of hydrogen-bond donors (Lipinski definition) is 1. The Morgan fingerprint density at radius 2 is 1.94 bits per heavy atom. The second kappa shape index (κ2) is 10.4. The molecule has 0 radical (unpaired) electrons. The van der Waals surface area contributed by atoms with E-state index >= 15 is 0 Å². The molecule has 2 saturated heterocycles. The summed E-state index contributed by atoms with van der Waals surface area (Å²) in [6.07, 6.45) is -4.34. The summed E-state index contributed by atoms with van der Waals surface area (Å²) in [4.78, 5) is 37.9. The van der Waals surface area contributed by atoms with Gasteiger partial charge in [-0.2, -0.15) is 0 Å². The lowest BCUT2D eigenvalue weighted by Crippen LogP contribution is -2.50. The monoisotopic (exact) mass is 480 g/mol. The molecule has 2 heterocycles. The average molecular weight is 481 g/mol. The summed E-state index contributed by atoms with van der Waals surface area (Å²) in [5, 5.41) is 2.51. The summed E-state index contributed by atoms with van der Waals surface area (Å²) in [5.74, 6) is -1.69. The van der Waals surface area contributed by atoms with Crippen LogP contribution in [-0.4, -0.2) is 84.7 Å². The lowest BCUT2D eigenvalue weighted by atomic mass is 10.1. The fraction of sp³-hybridized carbons (Fsp3) is 0.850. The second-order valence-corrected chi connectivity index (χ2v) is 9.71. The highest BCUT2D eigenvalue weighted by atomic mass is 35.5. The van der Waals surface area contributed by atoms with Crippen molar-refractivity contribution in [2.75, 3.05) is 20.2 Å². The van der Waals surface area contributed by atoms with E-state index in [1.54, 1.807) is 34.6 Å². The molecule has 2 aliphatic rings. The van der Waals surface area contributed by atoms with Gasteiger partial charge in [0.25, 0.3) is 0 Å². The smallest absolute Gasteiger partial charge is 0.410 e. The van der Waals surface area contributed by atoms with Gasteiger partial charge in [0, 0.05) is 7.05 Å². The predicted molar refractivity (Wildman–Crippen MR) is 112 cm³/mol. The Kier molecular flexibility index (Phi) is 8.60. The molecule has 2 unspecified atom stereocenters. The SMILES string of the molecule is CC(Cl)OC(=O)NC1O[C@@H]2CCOC(C)(C)O[C@@H]2[C@H]1OC(=O)CN(C)C(=O)OC(C)(C)C. The maximum Gasteiger partial charge on any atom is 0.410 e. The number of alkyl halides is 1. The quantitative estimate of drug-likeness (QED) is 0.359. The van der Waals surface area contributed by atoms with Crippen LogP contribution >= 0.6 is 11.6 Å². The number of likely N-dealkylation sites (N-methyl/N-ethyl adjacent to an activating group) is 1. The molecule has 0 bridgehead atoms. The summed E-state index contributed by atoms with van der Waals surface area (Å²) in [5.41, 5.74) is -1.58. The zero-order valence-corrected chi connectivity index (χ0v) is 20.3. The average Bonchev–Trinajstić information content (AvgIpc) is 2.79. The van der Waals surface area contributed by atoms with E-state index in [9.17, 15) is 14.4 Å². The number of carbonyl (C=O) groups is 3. The van der Waals surface area contributed by atoms with Gasteiger partial charge in [0.2, 0.25) is 0 Å². The second-order valence-electron chi connectivity index (χ2n) is 9.10. The molecule has 11 nitrogen and oxygen atoms in total. The number of hydrogen-bond acceptors (Lipinski definition) is 9. The minimum absolute atomic E-state index is 0.353. The number of halogens is 1. The van der Waals surface area contributed by atoms with Gasteiger partial charge in [-0.3, -0.25) is 10.1 Å². The molecule has 32 heavy (non-hydrogen) atoms. The zero-order valence-electron chi connectivity index (χ0n) is 19.5. The van der Waals surface area contributed by atoms with Gasteiger partial charge in [-0.15, -0.1) is 0 Å². The fourth-order valence-electron chi connectivity index (χ4n) is 3.21. The molecule has 0 aliphatic carbocycles. The van der Waals surface area contributed by atoms with Crippen molar-refractivity contribution in [2.45, 2.75) is 89.5 Å². The Morgan fingerprint density at radius 3 is 2.53 bits per heavy atom. The molecule has 2 fully saturated rings. The van der Waals surface area contributed by atoms with E-state index in [0.717, 1.165) is 4.90 Å². The van der Waals surface area contributed by atoms with Crippen molar-refractivity contribution < 1.29 is 42.8 Å². The molecule has 1 N–H and O–H groups in total. The fourth-order valence-corrected chi connectivity index (χ4v) is 3.30. The number of fused-ring (bicyclic) bond motifs is 1. The predicted octanol–water partition coefficient (Wildman–Crippen LogP) is 2.34. The Labute approximate surface area is 192 Å². The highest BCUT2D eigenvalue weighted by Gasteiger charge is 2.52. The van der Waals surface area contributed by atoms with Crippen molar-refractivity contribution in [2.24, 2.45) is 0 Å². The van der Waals surface area contributed by atoms with Crippen LogP contribution < -0.4 is 5.32 Å². The standard InChI is InChI=1S/C20H33ClN2O9/c1-11(21)28-17(25)22-16-15(14-12(29-16)8-9-27-20(5,6)31-14)30-13(24)10-23(7)18(26)32-19(2,3)4/h11-12,14-16H,8-10H2,1-7H3,(H,22,25)/t11?,12-,14+,15-,16?/m1/s1. The van der Waals surface area contributed by atoms with Gasteiger partial charge in [0.15, 0.2) is 23.7 Å². The van der Waals surface area contributed by atoms with Crippen molar-refractivity contribution in [3.63, 3.8) is 0 Å². The van der Waals surface area contributed by atoms with Gasteiger partial charge in [-0.05, 0) is 48.0 Å². The number of amides is 2. The topological polar surface area (TPSA) is 122 Å². The number of ether oxygens (including phenoxy) is 6. The van der Waals surface area contributed by atoms with E-state index < -0.39 is 59.6 Å². The van der Waals surface area contributed by atoms with Crippen molar-refractivity contribution in [3.8, 4) is 0 Å². The van der Waals surface area contributed by atoms with Gasteiger partial charge >= 0.3 is 18.2 Å². The Morgan fingerprint density at radius 1 is 1.28 bits per heavy atom. The van der Waals surface area contributed by atoms with Crippen LogP contribution in [0.2, 0.25) is 0 Å². The highest BCUT2D eigenvalue weighted by molar-refractivity contribution is 6.19. The minimum Gasteiger partial charge on any atom is -0.453 e. The summed E-state index contributed by atoms with van der Waals surface area (Å²) in [6.45, 7) is 10.1. The molecule has 0 aromatic heterocycles. The number of esters is 1. The normalized spacial score (nSPS) is 28.0. The zero-order chi connectivity index (χ0) is 24.3. The number of nitrogens with zero attached hydrogens (tertiary/aromatic N) is 1. The van der Waals surface area contributed by atoms with Crippen molar-refractivity contribution >= 4 is 29.8 Å². The van der Waals surface area contributed by atoms with Crippen LogP contribution in [0.4, 0.5) is 9.59 Å². The molecule has 5 atom stereocenters. The van der Waals surface area contributed by atoms with E-state index in [4.69, 9.17) is 40.0 Å². The molecule has 0 spiro atoms. The maximum absolute atomic E-state index is 12.6. The Hall–Kier alpha value is -1.82. The van der Waals surface area contributed by atoms with Crippen LogP contribution in [0.5, 0.6) is 0 Å². The van der Waals surface area contributed by atoms with Gasteiger partial charge in [-0.25, -0.2) is 9.59 Å². The van der Waals surface area contributed by atoms with E-state index in [1.807, 2.05) is 0 Å². The Bertz CT molecular complexity index is 695. The summed E-state index contributed by atoms with van der Waals surface area (Å²) >= 11 is 5.69. The number of nitrogens with one attached hydrogen (secondary N) is 1. The largest absolute Gasteiger partial charge is 0.453 e. The number of rotatable bonds is 5. The van der Waals surface area contributed by atoms with E-state index in [0.29, 0.717) is 13.0 Å². The third kappa shape index (κ3) is 7.95. The molecule has 2 amide bonds. The molecule has 0 saturated carbocycles. The van der Waals surface area contributed by atoms with E-state index in [2.05, 4.69) is 5.32 Å². The molecule has 2 rings (SSSR count). The van der Waals surface area contributed by atoms with Gasteiger partial charge in [-0.1, -0.05) is 11.6 Å². The molecule has 12 heteroatoms. The van der Waals surface area contributed by atoms with Crippen molar-refractivity contribution in [1.82, 2.24) is 10.2 Å². The summed E-state index contributed by atoms with van der Waals surface area (Å²) < 4.78 is 33.3. The summed E-state index contributed by atoms with van der Waals surface area (Å²) in [7, 11) is 1.41. The lowest BCUT2D eigenvalue weighted by molar-refractivity contribution is -0.238. The van der Waals surface area contributed by atoms with Crippen molar-refractivity contribution in [3.05, 3.63) is 0 Å². The van der Waals surface area contributed by atoms with Gasteiger partial charge < -0.3 is 33.3 Å². The van der Waals surface area contributed by atoms with Crippen LogP contribution in [0, 0.1) is 0 Å². The number of carbonyl (C=O) groups excluding carboxylic acids is 3. The van der Waals surface area contributed by atoms with Crippen LogP contribution in [-0.2, 0) is 33.2 Å². The molecular formula is C20H33ClN2O9. The third-order valence-electron chi connectivity index (χ3n) is 4.45. The molecule has 184 valence electrons. The first-order valence-corrected chi connectivity index (χ1v) is 10.8. The first kappa shape index (κ1) is 26.4. The minimum atomic E-state index is -1.04. The molecule has 2 aliphatic heterocycles. The van der Waals surface area contributed by atoms with Crippen LogP contribution in [0.15, 0.2) is 0 Å². The molecule has 0 aromatic rings. The summed E-state index contributed by atoms with van der Waals surface area (Å²) in [6, 6.07) is 0. The first-order valence-electron chi connectivity index (χ1n) is 10.4. The lowest BCUT2D eigenvalue weighted by Gasteiger charge is -2.31. The third-order valence-corrected chi connectivity index (χ3v) is 4.54. The van der Waals surface area contributed by atoms with Crippen LogP contribution in [0.3, 0.4) is 0 Å². The Balaban J connectivity index is 2.11. The maximum atomic E-state index is 12.6. The van der Waals surface area contributed by atoms with E-state index in [-0.39, 0.29) is 6.54 Å². The van der Waals surface area contributed by atoms with Gasteiger partial charge in [0.1, 0.15) is 18.2 Å². The molecular weight excluding hydrogens is 448 g/mol. The van der Waals surface area contributed by atoms with Crippen LogP contribution in [0.1, 0.15) is 48.0 Å². The number of alkyl carbamates (subject to hydrolysis) is 1. The van der Waals surface area contributed by atoms with E-state index in [1.165, 1.54) is 14.0 Å².